The second kappa shape index (κ2) is 6.68. The van der Waals surface area contributed by atoms with Crippen molar-refractivity contribution in [3.05, 3.63) is 84.3 Å². The predicted octanol–water partition coefficient (Wildman–Crippen LogP) is 3.24. The summed E-state index contributed by atoms with van der Waals surface area (Å²) in [4.78, 5) is 9.47. The molecule has 0 radical (unpaired) electrons. The molecule has 0 saturated heterocycles. The Morgan fingerprint density at radius 1 is 0.962 bits per heavy atom. The lowest BCUT2D eigenvalue weighted by Crippen LogP contribution is -2.38. The highest BCUT2D eigenvalue weighted by molar-refractivity contribution is 5.65. The second-order valence-electron chi connectivity index (χ2n) is 5.64. The molecule has 0 unspecified atom stereocenters. The Hall–Kier alpha value is -3.67. The lowest BCUT2D eigenvalue weighted by Gasteiger charge is -2.08. The van der Waals surface area contributed by atoms with E-state index in [0.717, 1.165) is 10.5 Å². The van der Waals surface area contributed by atoms with Crippen LogP contribution in [0.2, 0.25) is 0 Å². The zero-order valence-electron chi connectivity index (χ0n) is 14.1. The molecule has 0 aliphatic carbocycles. The molecule has 0 atom stereocenters. The van der Waals surface area contributed by atoms with Crippen molar-refractivity contribution >= 4 is 0 Å². The number of methoxy groups -OCH3 is 1. The molecule has 3 aromatic heterocycles. The van der Waals surface area contributed by atoms with Crippen LogP contribution in [0.5, 0.6) is 5.88 Å². The average Bonchev–Trinajstić information content (AvgIpc) is 3.06. The minimum atomic E-state index is 0.490. The van der Waals surface area contributed by atoms with Gasteiger partial charge in [0.15, 0.2) is 0 Å². The minimum Gasteiger partial charge on any atom is -0.595 e. The molecule has 0 amide bonds. The van der Waals surface area contributed by atoms with Crippen LogP contribution in [0.15, 0.2) is 79.1 Å². The van der Waals surface area contributed by atoms with Gasteiger partial charge < -0.3 is 9.94 Å². The van der Waals surface area contributed by atoms with E-state index in [1.165, 1.54) is 0 Å². The van der Waals surface area contributed by atoms with E-state index >= 15 is 0 Å². The molecule has 0 fully saturated rings. The van der Waals surface area contributed by atoms with Crippen LogP contribution >= 0.6 is 0 Å². The van der Waals surface area contributed by atoms with Crippen molar-refractivity contribution < 1.29 is 9.58 Å². The minimum absolute atomic E-state index is 0.490. The topological polar surface area (TPSA) is 66.9 Å². The maximum atomic E-state index is 13.1. The maximum Gasteiger partial charge on any atom is 0.254 e. The molecule has 0 aliphatic heterocycles. The lowest BCUT2D eigenvalue weighted by molar-refractivity contribution is -0.672. The van der Waals surface area contributed by atoms with Crippen molar-refractivity contribution in [2.45, 2.75) is 0 Å². The number of nitrogens with zero attached hydrogens (tertiary/aromatic N) is 4. The van der Waals surface area contributed by atoms with Gasteiger partial charge in [-0.1, -0.05) is 29.1 Å². The summed E-state index contributed by atoms with van der Waals surface area (Å²) < 4.78 is 6.69. The average molecular weight is 344 g/mol. The van der Waals surface area contributed by atoms with Crippen LogP contribution in [0.25, 0.3) is 28.3 Å². The molecular weight excluding hydrogens is 328 g/mol. The third kappa shape index (κ3) is 2.77. The van der Waals surface area contributed by atoms with Crippen molar-refractivity contribution in [1.29, 1.82) is 0 Å². The Bertz CT molecular complexity index is 1010. The van der Waals surface area contributed by atoms with Crippen molar-refractivity contribution in [3.8, 4) is 34.2 Å². The van der Waals surface area contributed by atoms with Crippen LogP contribution in [0, 0.1) is 5.21 Å². The molecule has 4 rings (SSSR count). The quantitative estimate of drug-likeness (QED) is 0.421. The van der Waals surface area contributed by atoms with E-state index in [0.29, 0.717) is 28.5 Å². The smallest absolute Gasteiger partial charge is 0.254 e. The summed E-state index contributed by atoms with van der Waals surface area (Å²) in [6.45, 7) is 0. The number of benzene rings is 1. The first-order valence-corrected chi connectivity index (χ1v) is 8.11. The highest BCUT2D eigenvalue weighted by atomic mass is 16.5. The van der Waals surface area contributed by atoms with E-state index in [4.69, 9.17) is 4.74 Å². The molecule has 0 spiro atoms. The van der Waals surface area contributed by atoms with Crippen LogP contribution in [-0.2, 0) is 0 Å². The molecular formula is C20H16N4O2. The summed E-state index contributed by atoms with van der Waals surface area (Å²) in [5, 5.41) is 13.1. The molecule has 0 saturated carbocycles. The van der Waals surface area contributed by atoms with E-state index in [1.807, 2.05) is 60.7 Å². The zero-order valence-corrected chi connectivity index (χ0v) is 14.1. The van der Waals surface area contributed by atoms with Crippen molar-refractivity contribution in [2.24, 2.45) is 0 Å². The van der Waals surface area contributed by atoms with Crippen LogP contribution in [0.4, 0.5) is 0 Å². The zero-order chi connectivity index (χ0) is 17.9. The number of para-hydroxylation sites is 1. The van der Waals surface area contributed by atoms with Gasteiger partial charge in [0.2, 0.25) is 5.88 Å². The predicted molar refractivity (Wildman–Crippen MR) is 97.7 cm³/mol. The van der Waals surface area contributed by atoms with Crippen molar-refractivity contribution in [2.75, 3.05) is 7.11 Å². The molecule has 0 aliphatic rings. The maximum absolute atomic E-state index is 13.1. The first-order valence-electron chi connectivity index (χ1n) is 8.11. The normalized spacial score (nSPS) is 10.7. The van der Waals surface area contributed by atoms with E-state index in [2.05, 4.69) is 9.97 Å². The molecule has 6 heteroatoms. The van der Waals surface area contributed by atoms with Crippen LogP contribution in [0.3, 0.4) is 0 Å². The van der Waals surface area contributed by atoms with Gasteiger partial charge in [-0.3, -0.25) is 4.98 Å². The Morgan fingerprint density at radius 2 is 1.77 bits per heavy atom. The summed E-state index contributed by atoms with van der Waals surface area (Å²) in [6, 6.07) is 20.5. The van der Waals surface area contributed by atoms with E-state index in [1.54, 1.807) is 30.3 Å². The summed E-state index contributed by atoms with van der Waals surface area (Å²) in [5.41, 5.74) is 3.37. The fourth-order valence-electron chi connectivity index (χ4n) is 2.81. The van der Waals surface area contributed by atoms with Gasteiger partial charge in [-0.05, 0) is 30.3 Å². The Kier molecular flexibility index (Phi) is 4.07. The Balaban J connectivity index is 1.93. The summed E-state index contributed by atoms with van der Waals surface area (Å²) in [7, 11) is 1.56. The SMILES string of the molecule is COc1ccc(-c2cc(-c3ccccn3)n(-c3ccccc3)[n+]2[O-])cn1. The Labute approximate surface area is 150 Å². The van der Waals surface area contributed by atoms with Gasteiger partial charge >= 0.3 is 0 Å². The molecule has 3 heterocycles. The molecule has 6 nitrogen and oxygen atoms in total. The largest absolute Gasteiger partial charge is 0.595 e. The van der Waals surface area contributed by atoms with Gasteiger partial charge in [0, 0.05) is 24.5 Å². The number of hydrogen-bond acceptors (Lipinski definition) is 4. The number of pyridine rings is 2. The summed E-state index contributed by atoms with van der Waals surface area (Å²) in [6.07, 6.45) is 3.33. The van der Waals surface area contributed by atoms with Crippen LogP contribution in [0.1, 0.15) is 0 Å². The summed E-state index contributed by atoms with van der Waals surface area (Å²) >= 11 is 0. The number of ether oxygens (including phenoxy) is 1. The number of aromatic nitrogens is 4. The number of rotatable bonds is 4. The molecule has 128 valence electrons. The standard InChI is InChI=1S/C20H16N4O2/c1-26-20-11-10-15(14-22-20)18-13-19(17-9-5-6-12-21-17)23(24(18)25)16-7-3-2-4-8-16/h2-14H,1H3. The molecule has 26 heavy (non-hydrogen) atoms. The third-order valence-electron chi connectivity index (χ3n) is 4.06. The van der Waals surface area contributed by atoms with Gasteiger partial charge in [0.05, 0.1) is 18.4 Å². The highest BCUT2D eigenvalue weighted by Crippen LogP contribution is 2.26. The van der Waals surface area contributed by atoms with Crippen LogP contribution < -0.4 is 9.58 Å². The van der Waals surface area contributed by atoms with E-state index < -0.39 is 0 Å². The monoisotopic (exact) mass is 344 g/mol. The fraction of sp³-hybridized carbons (Fsp3) is 0.0500. The van der Waals surface area contributed by atoms with Gasteiger partial charge in [0.1, 0.15) is 11.4 Å². The highest BCUT2D eigenvalue weighted by Gasteiger charge is 2.23. The summed E-state index contributed by atoms with van der Waals surface area (Å²) in [5.74, 6) is 0.499. The number of hydrogen-bond donors (Lipinski definition) is 0. The molecule has 4 aromatic rings. The van der Waals surface area contributed by atoms with Crippen molar-refractivity contribution in [1.82, 2.24) is 14.6 Å². The van der Waals surface area contributed by atoms with Crippen molar-refractivity contribution in [3.63, 3.8) is 0 Å². The lowest BCUT2D eigenvalue weighted by atomic mass is 10.2. The first kappa shape index (κ1) is 15.8. The van der Waals surface area contributed by atoms with Gasteiger partial charge in [-0.25, -0.2) is 4.98 Å². The third-order valence-corrected chi connectivity index (χ3v) is 4.06. The van der Waals surface area contributed by atoms with Gasteiger partial charge in [-0.2, -0.15) is 0 Å². The van der Waals surface area contributed by atoms with Gasteiger partial charge in [0.25, 0.3) is 5.69 Å². The Morgan fingerprint density at radius 3 is 2.42 bits per heavy atom. The molecule has 1 aromatic carbocycles. The second-order valence-corrected chi connectivity index (χ2v) is 5.64. The van der Waals surface area contributed by atoms with Crippen LogP contribution in [-0.4, -0.2) is 21.8 Å². The molecule has 0 bridgehead atoms. The van der Waals surface area contributed by atoms with E-state index in [9.17, 15) is 5.21 Å². The first-order chi connectivity index (χ1) is 12.8. The van der Waals surface area contributed by atoms with Gasteiger partial charge in [-0.15, -0.1) is 4.68 Å². The molecule has 0 N–H and O–H groups in total. The fourth-order valence-corrected chi connectivity index (χ4v) is 2.81. The van der Waals surface area contributed by atoms with E-state index in [-0.39, 0.29) is 0 Å².